The van der Waals surface area contributed by atoms with Crippen LogP contribution in [0, 0.1) is 6.92 Å². The highest BCUT2D eigenvalue weighted by Gasteiger charge is 2.14. The van der Waals surface area contributed by atoms with Crippen LogP contribution >= 0.6 is 11.6 Å². The first-order valence-corrected chi connectivity index (χ1v) is 8.67. The van der Waals surface area contributed by atoms with Gasteiger partial charge in [0.1, 0.15) is 0 Å². The van der Waals surface area contributed by atoms with Crippen molar-refractivity contribution in [3.63, 3.8) is 0 Å². The van der Waals surface area contributed by atoms with Crippen molar-refractivity contribution in [1.29, 1.82) is 0 Å². The summed E-state index contributed by atoms with van der Waals surface area (Å²) in [5.74, 6) is -0.116. The maximum absolute atomic E-state index is 12.3. The first-order chi connectivity index (χ1) is 11.6. The molecule has 0 atom stereocenters. The van der Waals surface area contributed by atoms with Gasteiger partial charge in [-0.05, 0) is 38.0 Å². The van der Waals surface area contributed by atoms with Gasteiger partial charge in [-0.3, -0.25) is 4.79 Å². The highest BCUT2D eigenvalue weighted by atomic mass is 35.5. The van der Waals surface area contributed by atoms with E-state index in [9.17, 15) is 4.79 Å². The molecule has 0 saturated carbocycles. The Morgan fingerprint density at radius 1 is 1.33 bits per heavy atom. The van der Waals surface area contributed by atoms with Crippen LogP contribution in [0.4, 0.5) is 0 Å². The van der Waals surface area contributed by atoms with E-state index in [0.29, 0.717) is 23.7 Å². The molecule has 1 amide bonds. The molecule has 1 N–H and O–H groups in total. The molecule has 0 fully saturated rings. The lowest BCUT2D eigenvalue weighted by Crippen LogP contribution is -2.25. The third kappa shape index (κ3) is 5.08. The number of aromatic nitrogens is 2. The molecule has 2 rings (SSSR count). The minimum absolute atomic E-state index is 0.116. The van der Waals surface area contributed by atoms with Crippen LogP contribution in [0.3, 0.4) is 0 Å². The predicted octanol–water partition coefficient (Wildman–Crippen LogP) is 3.77. The van der Waals surface area contributed by atoms with Gasteiger partial charge in [0.25, 0.3) is 5.91 Å². The monoisotopic (exact) mass is 349 g/mol. The number of carbonyl (C=O) groups excluding carboxylic acids is 1. The Hall–Kier alpha value is -1.85. The van der Waals surface area contributed by atoms with Gasteiger partial charge in [-0.15, -0.1) is 0 Å². The third-order valence-corrected chi connectivity index (χ3v) is 3.94. The van der Waals surface area contributed by atoms with Crippen molar-refractivity contribution in [3.05, 3.63) is 46.7 Å². The first kappa shape index (κ1) is 18.5. The van der Waals surface area contributed by atoms with E-state index in [-0.39, 0.29) is 5.91 Å². The van der Waals surface area contributed by atoms with Crippen LogP contribution in [0.2, 0.25) is 5.02 Å². The molecule has 0 aliphatic heterocycles. The molecule has 0 radical (unpaired) electrons. The van der Waals surface area contributed by atoms with Crippen molar-refractivity contribution in [2.75, 3.05) is 19.8 Å². The lowest BCUT2D eigenvalue weighted by molar-refractivity contribution is 0.0940. The summed E-state index contributed by atoms with van der Waals surface area (Å²) in [4.78, 5) is 12.3. The topological polar surface area (TPSA) is 56.1 Å². The predicted molar refractivity (Wildman–Crippen MR) is 96.0 cm³/mol. The molecule has 5 nitrogen and oxygen atoms in total. The number of rotatable bonds is 9. The Labute approximate surface area is 148 Å². The highest BCUT2D eigenvalue weighted by Crippen LogP contribution is 2.17. The second-order valence-electron chi connectivity index (χ2n) is 5.61. The van der Waals surface area contributed by atoms with Crippen molar-refractivity contribution < 1.29 is 9.53 Å². The minimum Gasteiger partial charge on any atom is -0.381 e. The van der Waals surface area contributed by atoms with Crippen LogP contribution in [-0.4, -0.2) is 35.4 Å². The molecule has 130 valence electrons. The smallest absolute Gasteiger partial charge is 0.254 e. The van der Waals surface area contributed by atoms with E-state index in [0.717, 1.165) is 37.3 Å². The number of nitrogens with zero attached hydrogens (tertiary/aromatic N) is 2. The SMILES string of the molecule is CCCCOCCCNC(=O)c1cnn(-c2cccc(Cl)c2)c1C. The van der Waals surface area contributed by atoms with Crippen LogP contribution in [0.1, 0.15) is 42.2 Å². The van der Waals surface area contributed by atoms with Gasteiger partial charge in [0.2, 0.25) is 0 Å². The van der Waals surface area contributed by atoms with E-state index in [4.69, 9.17) is 16.3 Å². The summed E-state index contributed by atoms with van der Waals surface area (Å²) >= 11 is 6.01. The Morgan fingerprint density at radius 2 is 2.12 bits per heavy atom. The zero-order valence-electron chi connectivity index (χ0n) is 14.2. The van der Waals surface area contributed by atoms with Crippen molar-refractivity contribution in [1.82, 2.24) is 15.1 Å². The van der Waals surface area contributed by atoms with Crippen LogP contribution in [-0.2, 0) is 4.74 Å². The van der Waals surface area contributed by atoms with Gasteiger partial charge in [0.05, 0.1) is 23.1 Å². The van der Waals surface area contributed by atoms with Crippen LogP contribution in [0.5, 0.6) is 0 Å². The summed E-state index contributed by atoms with van der Waals surface area (Å²) in [5.41, 5.74) is 2.19. The molecular weight excluding hydrogens is 326 g/mol. The van der Waals surface area contributed by atoms with E-state index < -0.39 is 0 Å². The normalized spacial score (nSPS) is 10.8. The third-order valence-electron chi connectivity index (χ3n) is 3.70. The van der Waals surface area contributed by atoms with Crippen LogP contribution in [0.15, 0.2) is 30.5 Å². The molecular formula is C18H24ClN3O2. The summed E-state index contributed by atoms with van der Waals surface area (Å²) in [6, 6.07) is 7.38. The largest absolute Gasteiger partial charge is 0.381 e. The van der Waals surface area contributed by atoms with Crippen molar-refractivity contribution in [2.24, 2.45) is 0 Å². The molecule has 0 spiro atoms. The zero-order valence-corrected chi connectivity index (χ0v) is 15.0. The van der Waals surface area contributed by atoms with Crippen molar-refractivity contribution >= 4 is 17.5 Å². The average molecular weight is 350 g/mol. The van der Waals surface area contributed by atoms with Gasteiger partial charge >= 0.3 is 0 Å². The number of hydrogen-bond acceptors (Lipinski definition) is 3. The summed E-state index contributed by atoms with van der Waals surface area (Å²) in [6.07, 6.45) is 4.60. The van der Waals surface area contributed by atoms with Gasteiger partial charge in [0, 0.05) is 24.8 Å². The van der Waals surface area contributed by atoms with Crippen LogP contribution in [0.25, 0.3) is 5.69 Å². The number of hydrogen-bond donors (Lipinski definition) is 1. The molecule has 1 aromatic heterocycles. The average Bonchev–Trinajstić information content (AvgIpc) is 2.95. The number of ether oxygens (including phenoxy) is 1. The molecule has 6 heteroatoms. The summed E-state index contributed by atoms with van der Waals surface area (Å²) in [7, 11) is 0. The first-order valence-electron chi connectivity index (χ1n) is 8.30. The maximum atomic E-state index is 12.3. The molecule has 0 saturated heterocycles. The summed E-state index contributed by atoms with van der Waals surface area (Å²) in [6.45, 7) is 6.05. The van der Waals surface area contributed by atoms with Gasteiger partial charge in [-0.1, -0.05) is 31.0 Å². The van der Waals surface area contributed by atoms with Gasteiger partial charge in [0.15, 0.2) is 0 Å². The second-order valence-corrected chi connectivity index (χ2v) is 6.05. The lowest BCUT2D eigenvalue weighted by Gasteiger charge is -2.07. The van der Waals surface area contributed by atoms with Crippen molar-refractivity contribution in [2.45, 2.75) is 33.1 Å². The number of carbonyl (C=O) groups is 1. The Kier molecular flexibility index (Phi) is 7.28. The van der Waals surface area contributed by atoms with E-state index in [1.54, 1.807) is 16.9 Å². The molecule has 0 aliphatic carbocycles. The number of amides is 1. The molecule has 0 unspecified atom stereocenters. The fourth-order valence-corrected chi connectivity index (χ4v) is 2.51. The molecule has 0 aliphatic rings. The van der Waals surface area contributed by atoms with E-state index in [2.05, 4.69) is 17.3 Å². The zero-order chi connectivity index (χ0) is 17.4. The van der Waals surface area contributed by atoms with E-state index in [1.807, 2.05) is 25.1 Å². The number of unbranched alkanes of at least 4 members (excludes halogenated alkanes) is 1. The number of nitrogens with one attached hydrogen (secondary N) is 1. The minimum atomic E-state index is -0.116. The van der Waals surface area contributed by atoms with E-state index >= 15 is 0 Å². The highest BCUT2D eigenvalue weighted by molar-refractivity contribution is 6.30. The van der Waals surface area contributed by atoms with Gasteiger partial charge < -0.3 is 10.1 Å². The Balaban J connectivity index is 1.87. The fourth-order valence-electron chi connectivity index (χ4n) is 2.32. The van der Waals surface area contributed by atoms with E-state index in [1.165, 1.54) is 0 Å². The molecule has 2 aromatic rings. The molecule has 24 heavy (non-hydrogen) atoms. The van der Waals surface area contributed by atoms with Crippen LogP contribution < -0.4 is 5.32 Å². The maximum Gasteiger partial charge on any atom is 0.254 e. The summed E-state index contributed by atoms with van der Waals surface area (Å²) in [5, 5.41) is 7.84. The van der Waals surface area contributed by atoms with Gasteiger partial charge in [-0.2, -0.15) is 5.10 Å². The number of halogens is 1. The molecule has 1 aromatic carbocycles. The standard InChI is InChI=1S/C18H24ClN3O2/c1-3-4-10-24-11-6-9-20-18(23)17-13-21-22(14(17)2)16-8-5-7-15(19)12-16/h5,7-8,12-13H,3-4,6,9-11H2,1-2H3,(H,20,23). The fraction of sp³-hybridized carbons (Fsp3) is 0.444. The molecule has 1 heterocycles. The Bertz CT molecular complexity index is 670. The lowest BCUT2D eigenvalue weighted by atomic mass is 10.2. The summed E-state index contributed by atoms with van der Waals surface area (Å²) < 4.78 is 7.20. The van der Waals surface area contributed by atoms with Gasteiger partial charge in [-0.25, -0.2) is 4.68 Å². The Morgan fingerprint density at radius 3 is 2.88 bits per heavy atom. The van der Waals surface area contributed by atoms with Crippen molar-refractivity contribution in [3.8, 4) is 5.69 Å². The number of benzene rings is 1. The molecule has 0 bridgehead atoms. The second kappa shape index (κ2) is 9.45. The quantitative estimate of drug-likeness (QED) is 0.701.